The van der Waals surface area contributed by atoms with Gasteiger partial charge in [0.1, 0.15) is 11.3 Å². The van der Waals surface area contributed by atoms with Crippen molar-refractivity contribution in [2.24, 2.45) is 0 Å². The van der Waals surface area contributed by atoms with Crippen molar-refractivity contribution in [3.05, 3.63) is 53.6 Å². The van der Waals surface area contributed by atoms with Crippen LogP contribution >= 0.6 is 0 Å². The number of aromatic hydroxyl groups is 1. The highest BCUT2D eigenvalue weighted by molar-refractivity contribution is 5.94. The molecule has 0 bridgehead atoms. The van der Waals surface area contributed by atoms with Crippen LogP contribution in [0.3, 0.4) is 0 Å². The summed E-state index contributed by atoms with van der Waals surface area (Å²) in [5, 5.41) is 19.7. The van der Waals surface area contributed by atoms with Crippen LogP contribution in [0.2, 0.25) is 0 Å². The Bertz CT molecular complexity index is 677. The zero-order valence-electron chi connectivity index (χ0n) is 15.0. The molecule has 2 aromatic rings. The molecule has 0 aliphatic carbocycles. The highest BCUT2D eigenvalue weighted by Crippen LogP contribution is 2.34. The number of rotatable bonds is 10. The molecule has 2 aromatic carbocycles. The summed E-state index contributed by atoms with van der Waals surface area (Å²) in [6.45, 7) is 2.22. The maximum absolute atomic E-state index is 11.5. The number of hydrogen-bond donors (Lipinski definition) is 2. The van der Waals surface area contributed by atoms with Crippen LogP contribution in [-0.2, 0) is 6.42 Å². The Balaban J connectivity index is 2.08. The SMILES string of the molecule is CCCCCCCCCc1cc(C(=O)O)c(O)c(-c2ccccc2)c1. The molecule has 0 heterocycles. The standard InChI is InChI=1S/C22H28O3/c1-2-3-4-5-6-7-9-12-17-15-19(18-13-10-8-11-14-18)21(23)20(16-17)22(24)25/h8,10-11,13-16,23H,2-7,9,12H2,1H3,(H,24,25). The molecule has 2 N–H and O–H groups in total. The molecule has 0 amide bonds. The van der Waals surface area contributed by atoms with Gasteiger partial charge in [0.15, 0.2) is 0 Å². The molecule has 0 spiro atoms. The third kappa shape index (κ3) is 5.63. The Morgan fingerprint density at radius 2 is 1.56 bits per heavy atom. The van der Waals surface area contributed by atoms with E-state index in [0.717, 1.165) is 30.4 Å². The largest absolute Gasteiger partial charge is 0.506 e. The van der Waals surface area contributed by atoms with E-state index >= 15 is 0 Å². The molecule has 0 fully saturated rings. The number of benzene rings is 2. The van der Waals surface area contributed by atoms with Crippen molar-refractivity contribution in [3.8, 4) is 16.9 Å². The predicted octanol–water partition coefficient (Wildman–Crippen LogP) is 6.05. The Kier molecular flexibility index (Phi) is 7.52. The van der Waals surface area contributed by atoms with E-state index in [2.05, 4.69) is 6.92 Å². The third-order valence-electron chi connectivity index (χ3n) is 4.55. The molecule has 0 saturated heterocycles. The van der Waals surface area contributed by atoms with Crippen LogP contribution in [0.25, 0.3) is 11.1 Å². The molecule has 0 saturated carbocycles. The molecule has 0 aliphatic heterocycles. The van der Waals surface area contributed by atoms with E-state index in [4.69, 9.17) is 0 Å². The van der Waals surface area contributed by atoms with E-state index in [9.17, 15) is 15.0 Å². The van der Waals surface area contributed by atoms with Crippen LogP contribution in [0.4, 0.5) is 0 Å². The van der Waals surface area contributed by atoms with Crippen molar-refractivity contribution < 1.29 is 15.0 Å². The number of carboxylic acids is 1. The number of carboxylic acid groups (broad SMARTS) is 1. The zero-order chi connectivity index (χ0) is 18.1. The summed E-state index contributed by atoms with van der Waals surface area (Å²) in [6.07, 6.45) is 9.42. The normalized spacial score (nSPS) is 10.8. The van der Waals surface area contributed by atoms with Crippen molar-refractivity contribution in [2.45, 2.75) is 58.3 Å². The first-order valence-corrected chi connectivity index (χ1v) is 9.28. The van der Waals surface area contributed by atoms with E-state index in [1.54, 1.807) is 6.07 Å². The minimum absolute atomic E-state index is 0.0145. The molecular formula is C22H28O3. The summed E-state index contributed by atoms with van der Waals surface area (Å²) >= 11 is 0. The molecule has 0 aromatic heterocycles. The van der Waals surface area contributed by atoms with Crippen molar-refractivity contribution >= 4 is 5.97 Å². The van der Waals surface area contributed by atoms with Gasteiger partial charge < -0.3 is 10.2 Å². The lowest BCUT2D eigenvalue weighted by molar-refractivity contribution is 0.0693. The second kappa shape index (κ2) is 9.87. The lowest BCUT2D eigenvalue weighted by atomic mass is 9.95. The minimum atomic E-state index is -1.09. The van der Waals surface area contributed by atoms with E-state index < -0.39 is 5.97 Å². The first-order valence-electron chi connectivity index (χ1n) is 9.28. The fourth-order valence-electron chi connectivity index (χ4n) is 3.13. The van der Waals surface area contributed by atoms with Gasteiger partial charge in [0.2, 0.25) is 0 Å². The Morgan fingerprint density at radius 3 is 2.20 bits per heavy atom. The molecule has 3 heteroatoms. The van der Waals surface area contributed by atoms with Crippen molar-refractivity contribution in [1.82, 2.24) is 0 Å². The molecule has 0 aliphatic rings. The Morgan fingerprint density at radius 1 is 0.920 bits per heavy atom. The second-order valence-corrected chi connectivity index (χ2v) is 6.58. The summed E-state index contributed by atoms with van der Waals surface area (Å²) in [7, 11) is 0. The van der Waals surface area contributed by atoms with Crippen molar-refractivity contribution in [3.63, 3.8) is 0 Å². The average Bonchev–Trinajstić information content (AvgIpc) is 2.62. The fourth-order valence-corrected chi connectivity index (χ4v) is 3.13. The number of carbonyl (C=O) groups is 1. The molecule has 25 heavy (non-hydrogen) atoms. The van der Waals surface area contributed by atoms with E-state index in [1.807, 2.05) is 36.4 Å². The van der Waals surface area contributed by atoms with Gasteiger partial charge in [-0.15, -0.1) is 0 Å². The van der Waals surface area contributed by atoms with Crippen LogP contribution in [0.15, 0.2) is 42.5 Å². The van der Waals surface area contributed by atoms with Gasteiger partial charge in [-0.3, -0.25) is 0 Å². The fraction of sp³-hybridized carbons (Fsp3) is 0.409. The topological polar surface area (TPSA) is 57.5 Å². The van der Waals surface area contributed by atoms with E-state index in [-0.39, 0.29) is 11.3 Å². The summed E-state index contributed by atoms with van der Waals surface area (Å²) < 4.78 is 0. The van der Waals surface area contributed by atoms with E-state index in [0.29, 0.717) is 5.56 Å². The van der Waals surface area contributed by atoms with Gasteiger partial charge in [-0.1, -0.05) is 75.8 Å². The number of aromatic carboxylic acids is 1. The number of hydrogen-bond acceptors (Lipinski definition) is 2. The van der Waals surface area contributed by atoms with Crippen molar-refractivity contribution in [2.75, 3.05) is 0 Å². The number of aryl methyl sites for hydroxylation is 1. The van der Waals surface area contributed by atoms with Crippen LogP contribution in [0.5, 0.6) is 5.75 Å². The minimum Gasteiger partial charge on any atom is -0.506 e. The van der Waals surface area contributed by atoms with E-state index in [1.165, 1.54) is 32.1 Å². The van der Waals surface area contributed by atoms with Gasteiger partial charge in [-0.25, -0.2) is 4.79 Å². The average molecular weight is 340 g/mol. The number of unbranched alkanes of at least 4 members (excludes halogenated alkanes) is 6. The molecular weight excluding hydrogens is 312 g/mol. The highest BCUT2D eigenvalue weighted by Gasteiger charge is 2.16. The summed E-state index contributed by atoms with van der Waals surface area (Å²) in [5.74, 6) is -1.24. The summed E-state index contributed by atoms with van der Waals surface area (Å²) in [6, 6.07) is 13.0. The van der Waals surface area contributed by atoms with Crippen molar-refractivity contribution in [1.29, 1.82) is 0 Å². The Hall–Kier alpha value is -2.29. The van der Waals surface area contributed by atoms with Gasteiger partial charge in [-0.2, -0.15) is 0 Å². The van der Waals surface area contributed by atoms with Gasteiger partial charge >= 0.3 is 5.97 Å². The molecule has 0 radical (unpaired) electrons. The van der Waals surface area contributed by atoms with Gasteiger partial charge in [-0.05, 0) is 36.1 Å². The van der Waals surface area contributed by atoms with Gasteiger partial charge in [0, 0.05) is 5.56 Å². The quantitative estimate of drug-likeness (QED) is 0.518. The maximum atomic E-state index is 11.5. The molecule has 0 unspecified atom stereocenters. The summed E-state index contributed by atoms with van der Waals surface area (Å²) in [4.78, 5) is 11.5. The molecule has 0 atom stereocenters. The second-order valence-electron chi connectivity index (χ2n) is 6.58. The monoisotopic (exact) mass is 340 g/mol. The predicted molar refractivity (Wildman–Crippen MR) is 102 cm³/mol. The molecule has 2 rings (SSSR count). The third-order valence-corrected chi connectivity index (χ3v) is 4.55. The Labute approximate surface area is 150 Å². The lowest BCUT2D eigenvalue weighted by Gasteiger charge is -2.11. The van der Waals surface area contributed by atoms with Crippen LogP contribution in [-0.4, -0.2) is 16.2 Å². The lowest BCUT2D eigenvalue weighted by Crippen LogP contribution is -2.00. The summed E-state index contributed by atoms with van der Waals surface area (Å²) in [5.41, 5.74) is 2.39. The first-order chi connectivity index (χ1) is 12.1. The molecule has 3 nitrogen and oxygen atoms in total. The first kappa shape index (κ1) is 19.0. The maximum Gasteiger partial charge on any atom is 0.339 e. The van der Waals surface area contributed by atoms with Gasteiger partial charge in [0.05, 0.1) is 0 Å². The van der Waals surface area contributed by atoms with Gasteiger partial charge in [0.25, 0.3) is 0 Å². The van der Waals surface area contributed by atoms with Crippen LogP contribution < -0.4 is 0 Å². The zero-order valence-corrected chi connectivity index (χ0v) is 15.0. The highest BCUT2D eigenvalue weighted by atomic mass is 16.4. The number of phenols is 1. The molecule has 134 valence electrons. The smallest absolute Gasteiger partial charge is 0.339 e. The van der Waals surface area contributed by atoms with Crippen LogP contribution in [0.1, 0.15) is 67.8 Å². The van der Waals surface area contributed by atoms with Crippen LogP contribution in [0, 0.1) is 0 Å².